The number of carbonyl (C=O) groups excluding carboxylic acids is 1. The van der Waals surface area contributed by atoms with Gasteiger partial charge in [-0.25, -0.2) is 4.68 Å². The number of carbonyl (C=O) groups is 1. The number of nitrogens with one attached hydrogen (secondary N) is 1. The molecule has 0 saturated carbocycles. The van der Waals surface area contributed by atoms with Gasteiger partial charge in [0.2, 0.25) is 0 Å². The molecule has 0 aliphatic rings. The minimum atomic E-state index is -0.412. The Hall–Kier alpha value is -2.86. The van der Waals surface area contributed by atoms with E-state index in [4.69, 9.17) is 16.3 Å². The molecule has 3 aromatic rings. The maximum atomic E-state index is 12.9. The van der Waals surface area contributed by atoms with E-state index in [0.717, 1.165) is 0 Å². The summed E-state index contributed by atoms with van der Waals surface area (Å²) < 4.78 is 6.47. The average molecular weight is 386 g/mol. The quantitative estimate of drug-likeness (QED) is 0.721. The van der Waals surface area contributed by atoms with Gasteiger partial charge in [-0.2, -0.15) is 5.10 Å². The fraction of sp³-hybridized carbons (Fsp3) is 0.250. The van der Waals surface area contributed by atoms with E-state index in [0.29, 0.717) is 33.8 Å². The number of nitrogens with zero attached hydrogens (tertiary/aromatic N) is 2. The molecule has 0 atom stereocenters. The van der Waals surface area contributed by atoms with Crippen LogP contribution >= 0.6 is 11.6 Å². The molecule has 3 rings (SSSR count). The van der Waals surface area contributed by atoms with Crippen LogP contribution in [0, 0.1) is 5.92 Å². The van der Waals surface area contributed by atoms with E-state index >= 15 is 0 Å². The molecule has 1 heterocycles. The number of hydrogen-bond donors (Lipinski definition) is 1. The lowest BCUT2D eigenvalue weighted by Crippen LogP contribution is -2.29. The van der Waals surface area contributed by atoms with Crippen molar-refractivity contribution in [1.29, 1.82) is 0 Å². The number of benzene rings is 2. The molecule has 6 nitrogen and oxygen atoms in total. The summed E-state index contributed by atoms with van der Waals surface area (Å²) in [4.78, 5) is 25.5. The first kappa shape index (κ1) is 18.9. The lowest BCUT2D eigenvalue weighted by molar-refractivity contribution is 0.102. The van der Waals surface area contributed by atoms with Gasteiger partial charge in [0.15, 0.2) is 5.69 Å². The van der Waals surface area contributed by atoms with Gasteiger partial charge in [-0.15, -0.1) is 0 Å². The number of rotatable bonds is 5. The third-order valence-corrected chi connectivity index (χ3v) is 4.33. The SMILES string of the molecule is COc1ccc(NC(=O)c2nn(CC(C)C)c(=O)c3ccccc23)cc1Cl. The van der Waals surface area contributed by atoms with Crippen LogP contribution in [-0.4, -0.2) is 22.8 Å². The zero-order chi connectivity index (χ0) is 19.6. The zero-order valence-corrected chi connectivity index (χ0v) is 16.1. The van der Waals surface area contributed by atoms with Gasteiger partial charge in [-0.3, -0.25) is 9.59 Å². The highest BCUT2D eigenvalue weighted by atomic mass is 35.5. The van der Waals surface area contributed by atoms with Crippen molar-refractivity contribution in [2.45, 2.75) is 20.4 Å². The number of fused-ring (bicyclic) bond motifs is 1. The van der Waals surface area contributed by atoms with E-state index in [1.54, 1.807) is 42.5 Å². The smallest absolute Gasteiger partial charge is 0.276 e. The van der Waals surface area contributed by atoms with Crippen LogP contribution in [0.2, 0.25) is 5.02 Å². The molecule has 140 valence electrons. The fourth-order valence-electron chi connectivity index (χ4n) is 2.81. The van der Waals surface area contributed by atoms with Gasteiger partial charge in [0.25, 0.3) is 11.5 Å². The predicted molar refractivity (Wildman–Crippen MR) is 107 cm³/mol. The van der Waals surface area contributed by atoms with Gasteiger partial charge >= 0.3 is 0 Å². The average Bonchev–Trinajstić information content (AvgIpc) is 2.64. The molecule has 1 aromatic heterocycles. The first-order valence-corrected chi connectivity index (χ1v) is 8.93. The lowest BCUT2D eigenvalue weighted by Gasteiger charge is -2.13. The third-order valence-electron chi connectivity index (χ3n) is 4.03. The maximum absolute atomic E-state index is 12.9. The highest BCUT2D eigenvalue weighted by Crippen LogP contribution is 2.27. The van der Waals surface area contributed by atoms with Crippen molar-refractivity contribution in [3.05, 3.63) is 63.5 Å². The summed E-state index contributed by atoms with van der Waals surface area (Å²) in [6.07, 6.45) is 0. The molecule has 0 spiro atoms. The Kier molecular flexibility index (Phi) is 5.46. The number of halogens is 1. The van der Waals surface area contributed by atoms with Crippen molar-refractivity contribution in [2.75, 3.05) is 12.4 Å². The number of anilines is 1. The normalized spacial score (nSPS) is 11.0. The van der Waals surface area contributed by atoms with E-state index in [1.807, 2.05) is 13.8 Å². The summed E-state index contributed by atoms with van der Waals surface area (Å²) in [5.74, 6) is 0.321. The molecule has 27 heavy (non-hydrogen) atoms. The Morgan fingerprint density at radius 2 is 1.93 bits per heavy atom. The van der Waals surface area contributed by atoms with Crippen LogP contribution in [0.15, 0.2) is 47.3 Å². The fourth-order valence-corrected chi connectivity index (χ4v) is 3.06. The summed E-state index contributed by atoms with van der Waals surface area (Å²) in [5, 5.41) is 8.48. The van der Waals surface area contributed by atoms with E-state index in [2.05, 4.69) is 10.4 Å². The second-order valence-corrected chi connectivity index (χ2v) is 6.99. The number of methoxy groups -OCH3 is 1. The van der Waals surface area contributed by atoms with Gasteiger partial charge in [-0.05, 0) is 30.2 Å². The van der Waals surface area contributed by atoms with Crippen molar-refractivity contribution >= 4 is 34.0 Å². The number of hydrogen-bond acceptors (Lipinski definition) is 4. The Balaban J connectivity index is 2.04. The minimum Gasteiger partial charge on any atom is -0.495 e. The first-order chi connectivity index (χ1) is 12.9. The van der Waals surface area contributed by atoms with Gasteiger partial charge < -0.3 is 10.1 Å². The molecule has 7 heteroatoms. The Morgan fingerprint density at radius 3 is 2.56 bits per heavy atom. The second-order valence-electron chi connectivity index (χ2n) is 6.58. The van der Waals surface area contributed by atoms with Crippen molar-refractivity contribution in [3.63, 3.8) is 0 Å². The number of amides is 1. The molecular weight excluding hydrogens is 366 g/mol. The molecule has 1 N–H and O–H groups in total. The van der Waals surface area contributed by atoms with Gasteiger partial charge in [-0.1, -0.05) is 43.6 Å². The van der Waals surface area contributed by atoms with E-state index < -0.39 is 5.91 Å². The second kappa shape index (κ2) is 7.80. The molecule has 0 saturated heterocycles. The highest BCUT2D eigenvalue weighted by Gasteiger charge is 2.17. The summed E-state index contributed by atoms with van der Waals surface area (Å²) in [6.45, 7) is 4.41. The maximum Gasteiger partial charge on any atom is 0.276 e. The van der Waals surface area contributed by atoms with Crippen molar-refractivity contribution < 1.29 is 9.53 Å². The topological polar surface area (TPSA) is 73.2 Å². The van der Waals surface area contributed by atoms with Crippen molar-refractivity contribution in [2.24, 2.45) is 5.92 Å². The van der Waals surface area contributed by atoms with Crippen LogP contribution in [0.4, 0.5) is 5.69 Å². The Labute approximate surface area is 161 Å². The van der Waals surface area contributed by atoms with Crippen LogP contribution in [0.1, 0.15) is 24.3 Å². The van der Waals surface area contributed by atoms with Gasteiger partial charge in [0.05, 0.1) is 17.5 Å². The third kappa shape index (κ3) is 3.95. The van der Waals surface area contributed by atoms with Crippen molar-refractivity contribution in [1.82, 2.24) is 9.78 Å². The highest BCUT2D eigenvalue weighted by molar-refractivity contribution is 6.32. The van der Waals surface area contributed by atoms with Crippen molar-refractivity contribution in [3.8, 4) is 5.75 Å². The van der Waals surface area contributed by atoms with Crippen LogP contribution in [0.5, 0.6) is 5.75 Å². The minimum absolute atomic E-state index is 0.192. The molecular formula is C20H20ClN3O3. The number of aromatic nitrogens is 2. The van der Waals surface area contributed by atoms with Gasteiger partial charge in [0, 0.05) is 17.6 Å². The van der Waals surface area contributed by atoms with Gasteiger partial charge in [0.1, 0.15) is 5.75 Å². The van der Waals surface area contributed by atoms with Crippen LogP contribution < -0.4 is 15.6 Å². The first-order valence-electron chi connectivity index (χ1n) is 8.55. The molecule has 0 aliphatic carbocycles. The monoisotopic (exact) mass is 385 g/mol. The Morgan fingerprint density at radius 1 is 1.22 bits per heavy atom. The predicted octanol–water partition coefficient (Wildman–Crippen LogP) is 3.97. The standard InChI is InChI=1S/C20H20ClN3O3/c1-12(2)11-24-20(26)15-7-5-4-6-14(15)18(23-24)19(25)22-13-8-9-17(27-3)16(21)10-13/h4-10,12H,11H2,1-3H3,(H,22,25). The summed E-state index contributed by atoms with van der Waals surface area (Å²) in [5.41, 5.74) is 0.499. The summed E-state index contributed by atoms with van der Waals surface area (Å²) in [6, 6.07) is 11.9. The van der Waals surface area contributed by atoms with Crippen LogP contribution in [0.25, 0.3) is 10.8 Å². The molecule has 0 bridgehead atoms. The molecule has 1 amide bonds. The molecule has 0 aliphatic heterocycles. The van der Waals surface area contributed by atoms with E-state index in [-0.39, 0.29) is 17.2 Å². The summed E-state index contributed by atoms with van der Waals surface area (Å²) in [7, 11) is 1.52. The molecule has 0 radical (unpaired) electrons. The molecule has 2 aromatic carbocycles. The van der Waals surface area contributed by atoms with Crippen LogP contribution in [-0.2, 0) is 6.54 Å². The summed E-state index contributed by atoms with van der Waals surface area (Å²) >= 11 is 6.12. The zero-order valence-electron chi connectivity index (χ0n) is 15.3. The molecule has 0 unspecified atom stereocenters. The lowest BCUT2D eigenvalue weighted by atomic mass is 10.1. The largest absolute Gasteiger partial charge is 0.495 e. The number of ether oxygens (including phenoxy) is 1. The van der Waals surface area contributed by atoms with Crippen LogP contribution in [0.3, 0.4) is 0 Å². The van der Waals surface area contributed by atoms with E-state index in [9.17, 15) is 9.59 Å². The Bertz CT molecular complexity index is 1060. The van der Waals surface area contributed by atoms with E-state index in [1.165, 1.54) is 11.8 Å². The molecule has 0 fully saturated rings.